The molecule has 4 saturated carbocycles. The SMILES string of the molecule is Cc1cnc(NC23CC4CC(CC(C4)C2)C3)[nH]1. The van der Waals surface area contributed by atoms with Gasteiger partial charge in [0.25, 0.3) is 0 Å². The molecule has 4 aliphatic carbocycles. The molecule has 0 spiro atoms. The van der Waals surface area contributed by atoms with E-state index < -0.39 is 0 Å². The minimum Gasteiger partial charge on any atom is -0.350 e. The number of anilines is 1. The number of H-pyrrole nitrogens is 1. The van der Waals surface area contributed by atoms with Gasteiger partial charge in [0.2, 0.25) is 5.95 Å². The third-order valence-corrected chi connectivity index (χ3v) is 5.12. The van der Waals surface area contributed by atoms with E-state index in [4.69, 9.17) is 0 Å². The van der Waals surface area contributed by atoms with Gasteiger partial charge >= 0.3 is 0 Å². The van der Waals surface area contributed by atoms with Crippen molar-refractivity contribution in [1.29, 1.82) is 0 Å². The fourth-order valence-corrected chi connectivity index (χ4v) is 4.99. The molecule has 0 aromatic carbocycles. The monoisotopic (exact) mass is 231 g/mol. The lowest BCUT2D eigenvalue weighted by molar-refractivity contribution is 0.0104. The Bertz CT molecular complexity index is 399. The van der Waals surface area contributed by atoms with Crippen molar-refractivity contribution in [3.05, 3.63) is 11.9 Å². The van der Waals surface area contributed by atoms with Crippen molar-refractivity contribution in [1.82, 2.24) is 9.97 Å². The Morgan fingerprint density at radius 1 is 1.18 bits per heavy atom. The molecule has 4 fully saturated rings. The van der Waals surface area contributed by atoms with Crippen molar-refractivity contribution in [3.63, 3.8) is 0 Å². The number of rotatable bonds is 2. The molecular weight excluding hydrogens is 210 g/mol. The summed E-state index contributed by atoms with van der Waals surface area (Å²) in [5.74, 6) is 3.96. The third-order valence-electron chi connectivity index (χ3n) is 5.12. The van der Waals surface area contributed by atoms with Crippen LogP contribution in [-0.4, -0.2) is 15.5 Å². The first-order valence-corrected chi connectivity index (χ1v) is 7.01. The zero-order valence-corrected chi connectivity index (χ0v) is 10.5. The highest BCUT2D eigenvalue weighted by Gasteiger charge is 2.51. The molecule has 1 aromatic rings. The average molecular weight is 231 g/mol. The summed E-state index contributed by atoms with van der Waals surface area (Å²) < 4.78 is 0. The largest absolute Gasteiger partial charge is 0.350 e. The number of nitrogens with zero attached hydrogens (tertiary/aromatic N) is 1. The molecule has 3 heteroatoms. The third kappa shape index (κ3) is 1.59. The van der Waals surface area contributed by atoms with Crippen molar-refractivity contribution < 1.29 is 0 Å². The van der Waals surface area contributed by atoms with E-state index in [1.807, 2.05) is 6.20 Å². The van der Waals surface area contributed by atoms with E-state index in [2.05, 4.69) is 22.2 Å². The van der Waals surface area contributed by atoms with E-state index in [0.29, 0.717) is 5.54 Å². The van der Waals surface area contributed by atoms with Crippen LogP contribution in [0.3, 0.4) is 0 Å². The van der Waals surface area contributed by atoms with Gasteiger partial charge in [0, 0.05) is 17.4 Å². The predicted octanol–water partition coefficient (Wildman–Crippen LogP) is 3.10. The van der Waals surface area contributed by atoms with E-state index in [-0.39, 0.29) is 0 Å². The number of hydrogen-bond donors (Lipinski definition) is 2. The molecule has 4 bridgehead atoms. The van der Waals surface area contributed by atoms with Crippen LogP contribution in [0.25, 0.3) is 0 Å². The predicted molar refractivity (Wildman–Crippen MR) is 67.9 cm³/mol. The Balaban J connectivity index is 1.60. The van der Waals surface area contributed by atoms with Crippen LogP contribution < -0.4 is 5.32 Å². The van der Waals surface area contributed by atoms with E-state index in [9.17, 15) is 0 Å². The van der Waals surface area contributed by atoms with Gasteiger partial charge in [-0.1, -0.05) is 0 Å². The van der Waals surface area contributed by atoms with Gasteiger partial charge in [0.05, 0.1) is 0 Å². The molecule has 5 rings (SSSR count). The summed E-state index contributed by atoms with van der Waals surface area (Å²) in [6.45, 7) is 2.07. The number of imidazole rings is 1. The molecule has 17 heavy (non-hydrogen) atoms. The Hall–Kier alpha value is -0.990. The molecule has 0 saturated heterocycles. The summed E-state index contributed by atoms with van der Waals surface area (Å²) in [5, 5.41) is 3.74. The molecule has 4 aliphatic rings. The zero-order valence-electron chi connectivity index (χ0n) is 10.5. The minimum atomic E-state index is 0.374. The average Bonchev–Trinajstić information content (AvgIpc) is 2.60. The fourth-order valence-electron chi connectivity index (χ4n) is 4.99. The van der Waals surface area contributed by atoms with Crippen LogP contribution in [0.4, 0.5) is 5.95 Å². The standard InChI is InChI=1S/C14H21N3/c1-9-8-15-13(16-9)17-14-5-10-2-11(6-14)4-12(3-10)7-14/h8,10-12H,2-7H2,1H3,(H2,15,16,17). The van der Waals surface area contributed by atoms with Crippen LogP contribution in [0.1, 0.15) is 44.2 Å². The summed E-state index contributed by atoms with van der Waals surface area (Å²) >= 11 is 0. The van der Waals surface area contributed by atoms with E-state index in [1.165, 1.54) is 38.5 Å². The molecule has 92 valence electrons. The Kier molecular flexibility index (Phi) is 1.92. The van der Waals surface area contributed by atoms with Crippen LogP contribution in [0, 0.1) is 24.7 Å². The Labute approximate surface area is 102 Å². The lowest BCUT2D eigenvalue weighted by Crippen LogP contribution is -2.54. The quantitative estimate of drug-likeness (QED) is 0.821. The summed E-state index contributed by atoms with van der Waals surface area (Å²) in [5.41, 5.74) is 1.52. The number of nitrogens with one attached hydrogen (secondary N) is 2. The smallest absolute Gasteiger partial charge is 0.200 e. The first-order valence-electron chi connectivity index (χ1n) is 7.01. The highest BCUT2D eigenvalue weighted by molar-refractivity contribution is 5.33. The summed E-state index contributed by atoms with van der Waals surface area (Å²) in [6, 6.07) is 0. The zero-order chi connectivity index (χ0) is 11.5. The molecule has 0 aliphatic heterocycles. The number of aromatic nitrogens is 2. The van der Waals surface area contributed by atoms with Crippen LogP contribution in [-0.2, 0) is 0 Å². The maximum Gasteiger partial charge on any atom is 0.200 e. The number of hydrogen-bond acceptors (Lipinski definition) is 2. The summed E-state index contributed by atoms with van der Waals surface area (Å²) in [6.07, 6.45) is 10.5. The molecule has 2 N–H and O–H groups in total. The highest BCUT2D eigenvalue weighted by atomic mass is 15.2. The van der Waals surface area contributed by atoms with Gasteiger partial charge in [0.1, 0.15) is 0 Å². The second kappa shape index (κ2) is 3.27. The maximum atomic E-state index is 4.43. The van der Waals surface area contributed by atoms with E-state index >= 15 is 0 Å². The molecule has 1 heterocycles. The van der Waals surface area contributed by atoms with Crippen LogP contribution in [0.15, 0.2) is 6.20 Å². The molecular formula is C14H21N3. The van der Waals surface area contributed by atoms with Crippen molar-refractivity contribution in [3.8, 4) is 0 Å². The lowest BCUT2D eigenvalue weighted by Gasteiger charge is -2.56. The van der Waals surface area contributed by atoms with Crippen molar-refractivity contribution in [2.45, 2.75) is 51.0 Å². The van der Waals surface area contributed by atoms with Gasteiger partial charge in [-0.25, -0.2) is 4.98 Å². The van der Waals surface area contributed by atoms with Crippen LogP contribution in [0.2, 0.25) is 0 Å². The van der Waals surface area contributed by atoms with E-state index in [1.54, 1.807) is 0 Å². The first-order chi connectivity index (χ1) is 8.21. The molecule has 0 unspecified atom stereocenters. The second-order valence-electron chi connectivity index (χ2n) is 6.74. The van der Waals surface area contributed by atoms with Crippen LogP contribution in [0.5, 0.6) is 0 Å². The van der Waals surface area contributed by atoms with Gasteiger partial charge in [-0.2, -0.15) is 0 Å². The highest BCUT2D eigenvalue weighted by Crippen LogP contribution is 2.56. The van der Waals surface area contributed by atoms with Crippen molar-refractivity contribution in [2.24, 2.45) is 17.8 Å². The van der Waals surface area contributed by atoms with Gasteiger partial charge in [-0.15, -0.1) is 0 Å². The topological polar surface area (TPSA) is 40.7 Å². The van der Waals surface area contributed by atoms with Gasteiger partial charge in [0.15, 0.2) is 0 Å². The molecule has 0 radical (unpaired) electrons. The van der Waals surface area contributed by atoms with Gasteiger partial charge < -0.3 is 10.3 Å². The molecule has 0 amide bonds. The van der Waals surface area contributed by atoms with Gasteiger partial charge in [-0.3, -0.25) is 0 Å². The minimum absolute atomic E-state index is 0.374. The first kappa shape index (κ1) is 9.98. The maximum absolute atomic E-state index is 4.43. The van der Waals surface area contributed by atoms with Crippen LogP contribution >= 0.6 is 0 Å². The lowest BCUT2D eigenvalue weighted by atomic mass is 9.53. The number of aryl methyl sites for hydroxylation is 1. The Morgan fingerprint density at radius 3 is 2.24 bits per heavy atom. The Morgan fingerprint density at radius 2 is 1.76 bits per heavy atom. The summed E-state index contributed by atoms with van der Waals surface area (Å²) in [4.78, 5) is 7.75. The number of aromatic amines is 1. The molecule has 1 aromatic heterocycles. The summed E-state index contributed by atoms with van der Waals surface area (Å²) in [7, 11) is 0. The second-order valence-corrected chi connectivity index (χ2v) is 6.74. The molecule has 3 nitrogen and oxygen atoms in total. The molecule has 0 atom stereocenters. The fraction of sp³-hybridized carbons (Fsp3) is 0.786. The normalized spacial score (nSPS) is 43.0. The van der Waals surface area contributed by atoms with Crippen molar-refractivity contribution in [2.75, 3.05) is 5.32 Å². The van der Waals surface area contributed by atoms with E-state index in [0.717, 1.165) is 29.4 Å². The van der Waals surface area contributed by atoms with Gasteiger partial charge in [-0.05, 0) is 63.2 Å². The van der Waals surface area contributed by atoms with Crippen molar-refractivity contribution >= 4 is 5.95 Å².